The lowest BCUT2D eigenvalue weighted by Gasteiger charge is -2.23. The summed E-state index contributed by atoms with van der Waals surface area (Å²) in [5, 5.41) is 0. The number of pyridine rings is 1. The van der Waals surface area contributed by atoms with Crippen LogP contribution in [0.2, 0.25) is 0 Å². The van der Waals surface area contributed by atoms with E-state index >= 15 is 0 Å². The van der Waals surface area contributed by atoms with Crippen molar-refractivity contribution < 1.29 is 18.9 Å². The molecule has 1 aromatic heterocycles. The summed E-state index contributed by atoms with van der Waals surface area (Å²) in [5.74, 6) is 4.85. The molecule has 3 heterocycles. The van der Waals surface area contributed by atoms with E-state index in [1.807, 2.05) is 36.6 Å². The van der Waals surface area contributed by atoms with Crippen LogP contribution in [0.25, 0.3) is 0 Å². The molecule has 0 fully saturated rings. The minimum Gasteiger partial charge on any atom is -0.489 e. The molecule has 0 amide bonds. The highest BCUT2D eigenvalue weighted by molar-refractivity contribution is 7.98. The SMILES string of the molecule is CCOCCOc1c2ncc(c1C(OC)OC)CSCCCCCSC2. The van der Waals surface area contributed by atoms with Crippen LogP contribution in [-0.2, 0) is 25.7 Å². The van der Waals surface area contributed by atoms with E-state index in [0.29, 0.717) is 19.8 Å². The van der Waals surface area contributed by atoms with Gasteiger partial charge in [0, 0.05) is 38.5 Å². The maximum Gasteiger partial charge on any atom is 0.187 e. The molecule has 1 aromatic rings. The second-order valence-electron chi connectivity index (χ2n) is 5.99. The van der Waals surface area contributed by atoms with Crippen molar-refractivity contribution in [3.05, 3.63) is 23.0 Å². The van der Waals surface area contributed by atoms with Gasteiger partial charge in [0.15, 0.2) is 6.29 Å². The van der Waals surface area contributed by atoms with Gasteiger partial charge in [0.25, 0.3) is 0 Å². The van der Waals surface area contributed by atoms with Gasteiger partial charge in [-0.2, -0.15) is 23.5 Å². The van der Waals surface area contributed by atoms with Crippen LogP contribution in [-0.4, -0.2) is 50.5 Å². The maximum absolute atomic E-state index is 6.15. The average Bonchev–Trinajstić information content (AvgIpc) is 2.69. The third kappa shape index (κ3) is 6.60. The zero-order valence-electron chi connectivity index (χ0n) is 16.1. The summed E-state index contributed by atoms with van der Waals surface area (Å²) in [4.78, 5) is 4.72. The molecular formula is C19H31NO4S2. The van der Waals surface area contributed by atoms with Gasteiger partial charge in [-0.25, -0.2) is 0 Å². The van der Waals surface area contributed by atoms with Gasteiger partial charge in [0.2, 0.25) is 0 Å². The summed E-state index contributed by atoms with van der Waals surface area (Å²) >= 11 is 3.85. The fraction of sp³-hybridized carbons (Fsp3) is 0.737. The van der Waals surface area contributed by atoms with E-state index in [1.54, 1.807) is 14.2 Å². The molecule has 2 bridgehead atoms. The van der Waals surface area contributed by atoms with Crippen LogP contribution in [0.3, 0.4) is 0 Å². The van der Waals surface area contributed by atoms with Crippen LogP contribution in [0.15, 0.2) is 6.20 Å². The molecule has 2 aliphatic heterocycles. The normalized spacial score (nSPS) is 16.2. The first-order chi connectivity index (χ1) is 12.8. The van der Waals surface area contributed by atoms with Crippen LogP contribution >= 0.6 is 23.5 Å². The molecule has 148 valence electrons. The number of aromatic nitrogens is 1. The smallest absolute Gasteiger partial charge is 0.187 e. The van der Waals surface area contributed by atoms with Crippen LogP contribution < -0.4 is 4.74 Å². The molecule has 0 saturated heterocycles. The van der Waals surface area contributed by atoms with Crippen molar-refractivity contribution in [2.24, 2.45) is 0 Å². The Labute approximate surface area is 165 Å². The molecule has 7 heteroatoms. The number of hydrogen-bond acceptors (Lipinski definition) is 7. The van der Waals surface area contributed by atoms with Gasteiger partial charge in [-0.15, -0.1) is 0 Å². The molecule has 0 unspecified atom stereocenters. The van der Waals surface area contributed by atoms with E-state index in [2.05, 4.69) is 0 Å². The summed E-state index contributed by atoms with van der Waals surface area (Å²) in [6.45, 7) is 3.73. The first-order valence-corrected chi connectivity index (χ1v) is 11.5. The first-order valence-electron chi connectivity index (χ1n) is 9.24. The highest BCUT2D eigenvalue weighted by atomic mass is 32.2. The largest absolute Gasteiger partial charge is 0.489 e. The second kappa shape index (κ2) is 12.8. The molecule has 2 aliphatic rings. The summed E-state index contributed by atoms with van der Waals surface area (Å²) in [7, 11) is 3.33. The van der Waals surface area contributed by atoms with E-state index in [1.165, 1.54) is 19.3 Å². The third-order valence-corrected chi connectivity index (χ3v) is 6.29. The van der Waals surface area contributed by atoms with E-state index in [0.717, 1.165) is 45.6 Å². The lowest BCUT2D eigenvalue weighted by molar-refractivity contribution is -0.107. The van der Waals surface area contributed by atoms with Crippen molar-refractivity contribution in [3.8, 4) is 5.75 Å². The molecule has 3 rings (SSSR count). The Bertz CT molecular complexity index is 527. The quantitative estimate of drug-likeness (QED) is 0.471. The van der Waals surface area contributed by atoms with Gasteiger partial charge in [-0.05, 0) is 36.8 Å². The highest BCUT2D eigenvalue weighted by Crippen LogP contribution is 2.37. The molecule has 0 radical (unpaired) electrons. The molecule has 5 nitrogen and oxygen atoms in total. The molecule has 0 saturated carbocycles. The molecule has 0 spiro atoms. The molecule has 0 aromatic carbocycles. The Balaban J connectivity index is 2.34. The number of rotatable bonds is 8. The lowest BCUT2D eigenvalue weighted by atomic mass is 10.1. The number of methoxy groups -OCH3 is 2. The van der Waals surface area contributed by atoms with E-state index in [4.69, 9.17) is 23.9 Å². The van der Waals surface area contributed by atoms with Gasteiger partial charge >= 0.3 is 0 Å². The van der Waals surface area contributed by atoms with Gasteiger partial charge < -0.3 is 18.9 Å². The first kappa shape index (κ1) is 21.8. The zero-order chi connectivity index (χ0) is 18.6. The number of nitrogens with zero attached hydrogens (tertiary/aromatic N) is 1. The number of thioether (sulfide) groups is 2. The molecule has 0 aliphatic carbocycles. The van der Waals surface area contributed by atoms with Gasteiger partial charge in [-0.3, -0.25) is 4.98 Å². The summed E-state index contributed by atoms with van der Waals surface area (Å²) in [6.07, 6.45) is 5.33. The van der Waals surface area contributed by atoms with Crippen LogP contribution in [0.4, 0.5) is 0 Å². The lowest BCUT2D eigenvalue weighted by Crippen LogP contribution is -2.15. The van der Waals surface area contributed by atoms with Crippen LogP contribution in [0, 0.1) is 0 Å². The monoisotopic (exact) mass is 401 g/mol. The van der Waals surface area contributed by atoms with Crippen LogP contribution in [0.1, 0.15) is 49.3 Å². The summed E-state index contributed by atoms with van der Waals surface area (Å²) < 4.78 is 22.8. The Morgan fingerprint density at radius 2 is 1.77 bits per heavy atom. The van der Waals surface area contributed by atoms with E-state index in [-0.39, 0.29) is 0 Å². The van der Waals surface area contributed by atoms with Crippen molar-refractivity contribution in [2.45, 2.75) is 44.0 Å². The third-order valence-electron chi connectivity index (χ3n) is 4.14. The van der Waals surface area contributed by atoms with Gasteiger partial charge in [0.05, 0.1) is 17.9 Å². The average molecular weight is 402 g/mol. The fourth-order valence-electron chi connectivity index (χ4n) is 2.84. The van der Waals surface area contributed by atoms with E-state index in [9.17, 15) is 0 Å². The number of ether oxygens (including phenoxy) is 4. The van der Waals surface area contributed by atoms with Crippen molar-refractivity contribution >= 4 is 23.5 Å². The number of hydrogen-bond donors (Lipinski definition) is 0. The van der Waals surface area contributed by atoms with Gasteiger partial charge in [0.1, 0.15) is 12.4 Å². The van der Waals surface area contributed by atoms with Crippen molar-refractivity contribution in [3.63, 3.8) is 0 Å². The van der Waals surface area contributed by atoms with Crippen LogP contribution in [0.5, 0.6) is 5.75 Å². The minimum atomic E-state index is -0.454. The standard InChI is InChI=1S/C19H31NO4S2/c1-4-23-8-9-24-18-16-14-26-11-7-5-6-10-25-13-15(12-20-16)17(18)19(21-2)22-3/h12,19H,4-11,13-14H2,1-3H3. The molecular weight excluding hydrogens is 370 g/mol. The fourth-order valence-corrected chi connectivity index (χ4v) is 4.79. The minimum absolute atomic E-state index is 0.454. The highest BCUT2D eigenvalue weighted by Gasteiger charge is 2.24. The Kier molecular flexibility index (Phi) is 10.8. The predicted octanol–water partition coefficient (Wildman–Crippen LogP) is 4.44. The Morgan fingerprint density at radius 1 is 1.04 bits per heavy atom. The maximum atomic E-state index is 6.15. The zero-order valence-corrected chi connectivity index (χ0v) is 17.8. The molecule has 0 N–H and O–H groups in total. The number of fused-ring (bicyclic) bond motifs is 10. The van der Waals surface area contributed by atoms with E-state index < -0.39 is 6.29 Å². The summed E-state index contributed by atoms with van der Waals surface area (Å²) in [5.41, 5.74) is 3.07. The topological polar surface area (TPSA) is 49.8 Å². The van der Waals surface area contributed by atoms with Gasteiger partial charge in [-0.1, -0.05) is 6.42 Å². The molecule has 0 atom stereocenters. The predicted molar refractivity (Wildman–Crippen MR) is 109 cm³/mol. The summed E-state index contributed by atoms with van der Waals surface area (Å²) in [6, 6.07) is 0. The Hall–Kier alpha value is -0.470. The second-order valence-corrected chi connectivity index (χ2v) is 8.20. The Morgan fingerprint density at radius 3 is 2.46 bits per heavy atom. The molecule has 26 heavy (non-hydrogen) atoms. The van der Waals surface area contributed by atoms with Crippen molar-refractivity contribution in [2.75, 3.05) is 45.5 Å². The van der Waals surface area contributed by atoms with Crippen molar-refractivity contribution in [1.82, 2.24) is 4.98 Å². The van der Waals surface area contributed by atoms with Crippen molar-refractivity contribution in [1.29, 1.82) is 0 Å².